The van der Waals surface area contributed by atoms with E-state index in [0.717, 1.165) is 53.6 Å². The first-order chi connectivity index (χ1) is 16.0. The van der Waals surface area contributed by atoms with Gasteiger partial charge in [-0.2, -0.15) is 0 Å². The quantitative estimate of drug-likeness (QED) is 0.294. The van der Waals surface area contributed by atoms with Gasteiger partial charge in [0, 0.05) is 10.9 Å². The summed E-state index contributed by atoms with van der Waals surface area (Å²) in [5.41, 5.74) is 3.07. The molecule has 1 aromatic carbocycles. The second-order valence-corrected chi connectivity index (χ2v) is 11.7. The zero-order valence-electron chi connectivity index (χ0n) is 19.4. The van der Waals surface area contributed by atoms with E-state index in [-0.39, 0.29) is 22.8 Å². The van der Waals surface area contributed by atoms with Crippen LogP contribution in [-0.2, 0) is 17.6 Å². The second kappa shape index (κ2) is 9.63. The average molecular weight is 482 g/mol. The van der Waals surface area contributed by atoms with Crippen LogP contribution in [0.2, 0.25) is 0 Å². The number of fused-ring (bicyclic) bond motifs is 3. The predicted molar refractivity (Wildman–Crippen MR) is 137 cm³/mol. The van der Waals surface area contributed by atoms with Crippen LogP contribution >= 0.6 is 23.1 Å². The number of thiophene rings is 1. The Bertz CT molecular complexity index is 1240. The Labute approximate surface area is 203 Å². The highest BCUT2D eigenvalue weighted by atomic mass is 32.2. The fraction of sp³-hybridized carbons (Fsp3) is 0.500. The Balaban J connectivity index is 1.59. The van der Waals surface area contributed by atoms with Crippen molar-refractivity contribution in [2.24, 2.45) is 0 Å². The topological polar surface area (TPSA) is 64.0 Å². The van der Waals surface area contributed by atoms with Crippen LogP contribution in [0, 0.1) is 6.92 Å². The summed E-state index contributed by atoms with van der Waals surface area (Å²) in [6, 6.07) is 8.21. The summed E-state index contributed by atoms with van der Waals surface area (Å²) in [7, 11) is 0. The van der Waals surface area contributed by atoms with Crippen LogP contribution in [0.25, 0.3) is 15.9 Å². The molecule has 33 heavy (non-hydrogen) atoms. The van der Waals surface area contributed by atoms with E-state index < -0.39 is 0 Å². The summed E-state index contributed by atoms with van der Waals surface area (Å²) >= 11 is 3.06. The van der Waals surface area contributed by atoms with E-state index in [1.807, 2.05) is 38.1 Å². The Morgan fingerprint density at radius 3 is 2.70 bits per heavy atom. The van der Waals surface area contributed by atoms with Gasteiger partial charge in [-0.3, -0.25) is 14.2 Å². The average Bonchev–Trinajstić information content (AvgIpc) is 3.36. The number of carbonyl (C=O) groups is 1. The normalized spacial score (nSPS) is 17.6. The largest absolute Gasteiger partial charge is 0.352 e. The maximum absolute atomic E-state index is 14.0. The molecule has 2 heterocycles. The fourth-order valence-electron chi connectivity index (χ4n) is 5.07. The third kappa shape index (κ3) is 4.50. The SMILES string of the molecule is Cc1ccccc1-n1c(SC(C)C(=O)NC2CCCC2)nc2sc3c(c2c1=O)CCCCC3. The second-order valence-electron chi connectivity index (χ2n) is 9.32. The molecule has 1 amide bonds. The van der Waals surface area contributed by atoms with Crippen LogP contribution in [0.4, 0.5) is 0 Å². The summed E-state index contributed by atoms with van der Waals surface area (Å²) in [5.74, 6) is 0.0274. The highest BCUT2D eigenvalue weighted by molar-refractivity contribution is 8.00. The lowest BCUT2D eigenvalue weighted by atomic mass is 10.1. The van der Waals surface area contributed by atoms with Crippen molar-refractivity contribution in [2.45, 2.75) is 88.1 Å². The minimum atomic E-state index is -0.331. The van der Waals surface area contributed by atoms with Crippen molar-refractivity contribution in [3.63, 3.8) is 0 Å². The van der Waals surface area contributed by atoms with Gasteiger partial charge in [-0.1, -0.05) is 49.2 Å². The van der Waals surface area contributed by atoms with Gasteiger partial charge < -0.3 is 5.32 Å². The van der Waals surface area contributed by atoms with E-state index in [1.165, 1.54) is 47.9 Å². The molecular weight excluding hydrogens is 450 g/mol. The van der Waals surface area contributed by atoms with E-state index in [2.05, 4.69) is 5.32 Å². The number of carbonyl (C=O) groups excluding carboxylic acids is 1. The van der Waals surface area contributed by atoms with E-state index in [9.17, 15) is 9.59 Å². The van der Waals surface area contributed by atoms with Gasteiger partial charge in [-0.15, -0.1) is 11.3 Å². The number of para-hydroxylation sites is 1. The highest BCUT2D eigenvalue weighted by Gasteiger charge is 2.26. The Kier molecular flexibility index (Phi) is 6.61. The minimum Gasteiger partial charge on any atom is -0.352 e. The molecule has 1 atom stereocenters. The van der Waals surface area contributed by atoms with Crippen molar-refractivity contribution in [3.05, 3.63) is 50.6 Å². The Hall–Kier alpha value is -2.12. The van der Waals surface area contributed by atoms with Gasteiger partial charge in [0.1, 0.15) is 4.83 Å². The standard InChI is InChI=1S/C26H31N3O2S2/c1-16-10-6-9-14-20(16)29-25(31)22-19-13-4-3-5-15-21(19)33-24(22)28-26(29)32-17(2)23(30)27-18-11-7-8-12-18/h6,9-10,14,17-18H,3-5,7-8,11-13,15H2,1-2H3,(H,27,30). The van der Waals surface area contributed by atoms with Crippen LogP contribution in [0.3, 0.4) is 0 Å². The lowest BCUT2D eigenvalue weighted by molar-refractivity contribution is -0.120. The molecule has 1 fully saturated rings. The first-order valence-electron chi connectivity index (χ1n) is 12.1. The first-order valence-corrected chi connectivity index (χ1v) is 13.8. The summed E-state index contributed by atoms with van der Waals surface area (Å²) in [6.07, 6.45) is 9.97. The van der Waals surface area contributed by atoms with E-state index in [0.29, 0.717) is 5.16 Å². The number of nitrogens with zero attached hydrogens (tertiary/aromatic N) is 2. The van der Waals surface area contributed by atoms with Crippen molar-refractivity contribution in [1.82, 2.24) is 14.9 Å². The molecule has 2 aliphatic rings. The third-order valence-corrected chi connectivity index (χ3v) is 9.16. The molecule has 5 nitrogen and oxygen atoms in total. The van der Waals surface area contributed by atoms with Crippen molar-refractivity contribution >= 4 is 39.2 Å². The summed E-state index contributed by atoms with van der Waals surface area (Å²) in [5, 5.41) is 4.25. The number of thioether (sulfide) groups is 1. The molecule has 0 saturated heterocycles. The molecule has 0 spiro atoms. The molecule has 5 rings (SSSR count). The first kappa shape index (κ1) is 22.7. The van der Waals surface area contributed by atoms with Gasteiger partial charge >= 0.3 is 0 Å². The van der Waals surface area contributed by atoms with Gasteiger partial charge in [0.05, 0.1) is 16.3 Å². The van der Waals surface area contributed by atoms with Gasteiger partial charge in [-0.25, -0.2) is 4.98 Å². The lowest BCUT2D eigenvalue weighted by Gasteiger charge is -2.19. The molecule has 2 aliphatic carbocycles. The molecule has 3 aromatic rings. The number of aromatic nitrogens is 2. The van der Waals surface area contributed by atoms with E-state index >= 15 is 0 Å². The smallest absolute Gasteiger partial charge is 0.267 e. The summed E-state index contributed by atoms with van der Waals surface area (Å²) in [6.45, 7) is 3.93. The number of nitrogens with one attached hydrogen (secondary N) is 1. The molecule has 2 aromatic heterocycles. The third-order valence-electron chi connectivity index (χ3n) is 6.92. The Morgan fingerprint density at radius 1 is 1.15 bits per heavy atom. The monoisotopic (exact) mass is 481 g/mol. The molecular formula is C26H31N3O2S2. The molecule has 0 radical (unpaired) electrons. The summed E-state index contributed by atoms with van der Waals surface area (Å²) in [4.78, 5) is 34.1. The number of hydrogen-bond acceptors (Lipinski definition) is 5. The minimum absolute atomic E-state index is 0.000369. The maximum Gasteiger partial charge on any atom is 0.267 e. The van der Waals surface area contributed by atoms with Crippen molar-refractivity contribution in [2.75, 3.05) is 0 Å². The zero-order valence-corrected chi connectivity index (χ0v) is 21.0. The van der Waals surface area contributed by atoms with Gasteiger partial charge in [0.25, 0.3) is 5.56 Å². The van der Waals surface area contributed by atoms with Crippen molar-refractivity contribution in [1.29, 1.82) is 0 Å². The predicted octanol–water partition coefficient (Wildman–Crippen LogP) is 5.56. The number of rotatable bonds is 5. The van der Waals surface area contributed by atoms with E-state index in [1.54, 1.807) is 15.9 Å². The molecule has 1 unspecified atom stereocenters. The molecule has 174 valence electrons. The number of benzene rings is 1. The molecule has 0 aliphatic heterocycles. The Morgan fingerprint density at radius 2 is 1.91 bits per heavy atom. The summed E-state index contributed by atoms with van der Waals surface area (Å²) < 4.78 is 1.75. The van der Waals surface area contributed by atoms with Crippen LogP contribution in [0.1, 0.15) is 67.9 Å². The lowest BCUT2D eigenvalue weighted by Crippen LogP contribution is -2.38. The van der Waals surface area contributed by atoms with Gasteiger partial charge in [-0.05, 0) is 69.6 Å². The number of hydrogen-bond donors (Lipinski definition) is 1. The molecule has 1 saturated carbocycles. The highest BCUT2D eigenvalue weighted by Crippen LogP contribution is 2.35. The van der Waals surface area contributed by atoms with Gasteiger partial charge in [0.2, 0.25) is 5.91 Å². The molecule has 1 N–H and O–H groups in total. The van der Waals surface area contributed by atoms with Crippen LogP contribution < -0.4 is 10.9 Å². The fourth-order valence-corrected chi connectivity index (χ4v) is 7.30. The maximum atomic E-state index is 14.0. The van der Waals surface area contributed by atoms with E-state index in [4.69, 9.17) is 4.98 Å². The van der Waals surface area contributed by atoms with Crippen molar-refractivity contribution < 1.29 is 4.79 Å². The van der Waals surface area contributed by atoms with Gasteiger partial charge in [0.15, 0.2) is 5.16 Å². The van der Waals surface area contributed by atoms with Crippen LogP contribution in [0.15, 0.2) is 34.2 Å². The molecule has 7 heteroatoms. The number of aryl methyl sites for hydroxylation is 3. The van der Waals surface area contributed by atoms with Crippen LogP contribution in [-0.4, -0.2) is 26.8 Å². The molecule has 0 bridgehead atoms. The van der Waals surface area contributed by atoms with Crippen molar-refractivity contribution in [3.8, 4) is 5.69 Å². The van der Waals surface area contributed by atoms with Crippen LogP contribution in [0.5, 0.6) is 0 Å². The zero-order chi connectivity index (χ0) is 22.9. The number of amides is 1.